The van der Waals surface area contributed by atoms with Gasteiger partial charge in [-0.05, 0) is 64.2 Å². The smallest absolute Gasteiger partial charge is 0.362 e. The van der Waals surface area contributed by atoms with Gasteiger partial charge in [-0.3, -0.25) is 4.57 Å². The first-order valence-corrected chi connectivity index (χ1v) is 16.0. The highest BCUT2D eigenvalue weighted by Gasteiger charge is 2.48. The molecule has 0 bridgehead atoms. The van der Waals surface area contributed by atoms with Crippen molar-refractivity contribution in [2.45, 2.75) is 134 Å². The van der Waals surface area contributed by atoms with Crippen LogP contribution >= 0.6 is 7.60 Å². The van der Waals surface area contributed by atoms with Gasteiger partial charge in [-0.1, -0.05) is 89.0 Å². The van der Waals surface area contributed by atoms with E-state index in [4.69, 9.17) is 0 Å². The van der Waals surface area contributed by atoms with Gasteiger partial charge in [0.1, 0.15) is 6.54 Å². The molecule has 0 aliphatic carbocycles. The summed E-state index contributed by atoms with van der Waals surface area (Å²) in [6.07, 6.45) is 31.3. The van der Waals surface area contributed by atoms with Crippen LogP contribution in [0.3, 0.4) is 0 Å². The Hall–Kier alpha value is -0.450. The third-order valence-corrected chi connectivity index (χ3v) is 7.97. The number of hydrogen-bond acceptors (Lipinski definition) is 2. The fourth-order valence-electron chi connectivity index (χ4n) is 4.49. The topological polar surface area (TPSA) is 77.8 Å². The van der Waals surface area contributed by atoms with E-state index in [1.807, 2.05) is 21.1 Å². The molecule has 0 spiro atoms. The Morgan fingerprint density at radius 1 is 0.629 bits per heavy atom. The maximum Gasteiger partial charge on any atom is 0.362 e. The molecule has 1 unspecified atom stereocenters. The van der Waals surface area contributed by atoms with E-state index in [9.17, 15) is 19.5 Å². The van der Waals surface area contributed by atoms with E-state index in [2.05, 4.69) is 31.2 Å². The maximum atomic E-state index is 11.8. The highest BCUT2D eigenvalue weighted by atomic mass is 31.2. The van der Waals surface area contributed by atoms with Crippen LogP contribution in [-0.2, 0) is 4.57 Å². The van der Waals surface area contributed by atoms with Gasteiger partial charge in [0.15, 0.2) is 0 Å². The molecule has 35 heavy (non-hydrogen) atoms. The molecule has 0 aromatic heterocycles. The monoisotopic (exact) mass is 516 g/mol. The van der Waals surface area contributed by atoms with Gasteiger partial charge < -0.3 is 19.4 Å². The van der Waals surface area contributed by atoms with Crippen LogP contribution in [0.4, 0.5) is 0 Å². The summed E-state index contributed by atoms with van der Waals surface area (Å²) < 4.78 is 12.1. The molecular formula is C29H59NO4P+. The molecule has 0 saturated carbocycles. The van der Waals surface area contributed by atoms with Crippen LogP contribution in [0.25, 0.3) is 0 Å². The molecule has 0 heterocycles. The average molecular weight is 517 g/mol. The minimum absolute atomic E-state index is 0.0519. The molecular weight excluding hydrogens is 457 g/mol. The van der Waals surface area contributed by atoms with Gasteiger partial charge in [-0.2, -0.15) is 0 Å². The largest absolute Gasteiger partial charge is 0.373 e. The SMILES string of the molecule is CCCCCCC/C=C\CCCCCCC/C=C\CCCCCCC(O)(C[N+](C)(C)C)P(=O)(O)O. The molecule has 3 N–H and O–H groups in total. The zero-order valence-electron chi connectivity index (χ0n) is 23.6. The van der Waals surface area contributed by atoms with Crippen molar-refractivity contribution in [2.75, 3.05) is 27.7 Å². The van der Waals surface area contributed by atoms with E-state index >= 15 is 0 Å². The summed E-state index contributed by atoms with van der Waals surface area (Å²) in [5, 5.41) is 8.63. The van der Waals surface area contributed by atoms with Crippen molar-refractivity contribution in [3.05, 3.63) is 24.3 Å². The molecule has 6 heteroatoms. The molecule has 0 aromatic carbocycles. The lowest BCUT2D eigenvalue weighted by molar-refractivity contribution is -0.875. The van der Waals surface area contributed by atoms with Crippen LogP contribution < -0.4 is 0 Å². The number of hydrogen-bond donors (Lipinski definition) is 3. The van der Waals surface area contributed by atoms with Gasteiger partial charge in [-0.15, -0.1) is 0 Å². The lowest BCUT2D eigenvalue weighted by atomic mass is 10.1. The molecule has 208 valence electrons. The summed E-state index contributed by atoms with van der Waals surface area (Å²) in [6, 6.07) is 0. The van der Waals surface area contributed by atoms with E-state index in [1.165, 1.54) is 77.0 Å². The Kier molecular flexibility index (Phi) is 20.3. The Balaban J connectivity index is 3.59. The van der Waals surface area contributed by atoms with Crippen molar-refractivity contribution in [3.63, 3.8) is 0 Å². The van der Waals surface area contributed by atoms with Crippen LogP contribution in [0.15, 0.2) is 24.3 Å². The van der Waals surface area contributed by atoms with Crippen molar-refractivity contribution in [2.24, 2.45) is 0 Å². The van der Waals surface area contributed by atoms with Gasteiger partial charge in [0.05, 0.1) is 21.1 Å². The molecule has 1 atom stereocenters. The zero-order chi connectivity index (χ0) is 26.5. The summed E-state index contributed by atoms with van der Waals surface area (Å²) >= 11 is 0. The maximum absolute atomic E-state index is 11.8. The number of allylic oxidation sites excluding steroid dienone is 4. The predicted molar refractivity (Wildman–Crippen MR) is 152 cm³/mol. The number of likely N-dealkylation sites (N-methyl/N-ethyl adjacent to an activating group) is 1. The first-order valence-electron chi connectivity index (χ1n) is 14.4. The number of rotatable bonds is 24. The Morgan fingerprint density at radius 2 is 0.971 bits per heavy atom. The number of aliphatic hydroxyl groups is 1. The second-order valence-electron chi connectivity index (χ2n) is 11.4. The third-order valence-electron chi connectivity index (χ3n) is 6.52. The Bertz CT molecular complexity index is 594. The van der Waals surface area contributed by atoms with Crippen LogP contribution in [0, 0.1) is 0 Å². The quantitative estimate of drug-likeness (QED) is 0.0524. The van der Waals surface area contributed by atoms with Crippen molar-refractivity contribution in [1.82, 2.24) is 0 Å². The second kappa shape index (κ2) is 20.6. The van der Waals surface area contributed by atoms with Gasteiger partial charge in [-0.25, -0.2) is 0 Å². The molecule has 0 rings (SSSR count). The summed E-state index contributed by atoms with van der Waals surface area (Å²) in [7, 11) is 0.954. The standard InChI is InChI=1S/C29H58NO4P/c1-5-6-7-8-9-10-11-12-13-14-15-16-17-18-19-20-21-22-23-24-25-26-27-29(31,35(32,33)34)28-30(2,3)4/h11-12,20-21,31H,5-10,13-19,22-28H2,1-4H3,(H-,32,33,34)/p+1/b12-11-,21-20-. The molecule has 0 amide bonds. The van der Waals surface area contributed by atoms with Crippen molar-refractivity contribution < 1.29 is 23.9 Å². The first kappa shape index (κ1) is 34.6. The highest BCUT2D eigenvalue weighted by molar-refractivity contribution is 7.53. The Morgan fingerprint density at radius 3 is 1.31 bits per heavy atom. The third kappa shape index (κ3) is 21.4. The van der Waals surface area contributed by atoms with Gasteiger partial charge in [0, 0.05) is 0 Å². The number of quaternary nitrogens is 1. The average Bonchev–Trinajstić information content (AvgIpc) is 2.75. The lowest BCUT2D eigenvalue weighted by Crippen LogP contribution is -2.49. The van der Waals surface area contributed by atoms with Crippen LogP contribution in [0.1, 0.15) is 129 Å². The van der Waals surface area contributed by atoms with E-state index in [-0.39, 0.29) is 13.0 Å². The fraction of sp³-hybridized carbons (Fsp3) is 0.862. The predicted octanol–water partition coefficient (Wildman–Crippen LogP) is 8.10. The van der Waals surface area contributed by atoms with Crippen LogP contribution in [0.5, 0.6) is 0 Å². The summed E-state index contributed by atoms with van der Waals surface area (Å²) in [5.41, 5.74) is 0. The number of nitrogens with zero attached hydrogens (tertiary/aromatic N) is 1. The Labute approximate surface area is 217 Å². The summed E-state index contributed by atoms with van der Waals surface area (Å²) in [6.45, 7) is 2.32. The lowest BCUT2D eigenvalue weighted by Gasteiger charge is -2.35. The summed E-state index contributed by atoms with van der Waals surface area (Å²) in [5.74, 6) is 0. The van der Waals surface area contributed by atoms with E-state index in [1.54, 1.807) is 0 Å². The van der Waals surface area contributed by atoms with Gasteiger partial charge in [0.25, 0.3) is 0 Å². The molecule has 5 nitrogen and oxygen atoms in total. The minimum Gasteiger partial charge on any atom is -0.373 e. The van der Waals surface area contributed by atoms with Crippen molar-refractivity contribution >= 4 is 7.60 Å². The van der Waals surface area contributed by atoms with E-state index in [0.717, 1.165) is 32.1 Å². The van der Waals surface area contributed by atoms with Gasteiger partial charge in [0.2, 0.25) is 5.34 Å². The normalized spacial score (nSPS) is 14.8. The van der Waals surface area contributed by atoms with E-state index < -0.39 is 12.9 Å². The fourth-order valence-corrected chi connectivity index (χ4v) is 5.55. The molecule has 0 aromatic rings. The van der Waals surface area contributed by atoms with Crippen LogP contribution in [0.2, 0.25) is 0 Å². The number of unbranched alkanes of at least 4 members (excludes halogenated alkanes) is 15. The molecule has 0 radical (unpaired) electrons. The van der Waals surface area contributed by atoms with Crippen molar-refractivity contribution in [3.8, 4) is 0 Å². The molecule has 0 fully saturated rings. The summed E-state index contributed by atoms with van der Waals surface area (Å²) in [4.78, 5) is 19.2. The molecule has 0 aliphatic heterocycles. The highest BCUT2D eigenvalue weighted by Crippen LogP contribution is 2.52. The first-order chi connectivity index (χ1) is 16.5. The second-order valence-corrected chi connectivity index (χ2v) is 13.3. The molecule has 0 saturated heterocycles. The molecule has 0 aliphatic rings. The van der Waals surface area contributed by atoms with Crippen molar-refractivity contribution in [1.29, 1.82) is 0 Å². The van der Waals surface area contributed by atoms with E-state index in [0.29, 0.717) is 10.9 Å². The van der Waals surface area contributed by atoms with Crippen LogP contribution in [-0.4, -0.2) is 52.4 Å². The van der Waals surface area contributed by atoms with Gasteiger partial charge >= 0.3 is 7.60 Å². The zero-order valence-corrected chi connectivity index (χ0v) is 24.5. The minimum atomic E-state index is -4.56.